The summed E-state index contributed by atoms with van der Waals surface area (Å²) in [5.41, 5.74) is 4.27. The molecule has 5 heteroatoms. The second-order valence-electron chi connectivity index (χ2n) is 7.33. The maximum absolute atomic E-state index is 10.9. The van der Waals surface area contributed by atoms with Gasteiger partial charge in [-0.3, -0.25) is 9.89 Å². The number of aromatic amines is 1. The number of terminal acetylenes is 1. The average molecular weight is 366 g/mol. The first-order valence-corrected chi connectivity index (χ1v) is 10.1. The van der Waals surface area contributed by atoms with Gasteiger partial charge in [0.05, 0.1) is 10.6 Å². The number of hydrogen-bond donors (Lipinski definition) is 2. The number of carbonyl (C=O) groups is 1. The van der Waals surface area contributed by atoms with Crippen molar-refractivity contribution >= 4 is 17.7 Å². The van der Waals surface area contributed by atoms with E-state index in [1.807, 2.05) is 36.0 Å². The van der Waals surface area contributed by atoms with Crippen molar-refractivity contribution in [1.82, 2.24) is 10.2 Å². The van der Waals surface area contributed by atoms with E-state index in [9.17, 15) is 4.79 Å². The molecule has 1 aliphatic carbocycles. The second-order valence-corrected chi connectivity index (χ2v) is 8.36. The van der Waals surface area contributed by atoms with E-state index in [-0.39, 0.29) is 0 Å². The second kappa shape index (κ2) is 7.20. The Kier molecular flexibility index (Phi) is 4.78. The molecule has 2 aromatic rings. The quantitative estimate of drug-likeness (QED) is 0.780. The summed E-state index contributed by atoms with van der Waals surface area (Å²) in [6.45, 7) is 0. The minimum absolute atomic E-state index is 0.319. The highest BCUT2D eigenvalue weighted by atomic mass is 32.2. The van der Waals surface area contributed by atoms with E-state index in [4.69, 9.17) is 11.5 Å². The summed E-state index contributed by atoms with van der Waals surface area (Å²) in [5, 5.41) is 16.9. The summed E-state index contributed by atoms with van der Waals surface area (Å²) in [5.74, 6) is 4.56. The lowest BCUT2D eigenvalue weighted by Gasteiger charge is -2.31. The molecule has 1 fully saturated rings. The Labute approximate surface area is 157 Å². The van der Waals surface area contributed by atoms with Crippen LogP contribution in [0.1, 0.15) is 49.3 Å². The number of rotatable bonds is 4. The third kappa shape index (κ3) is 3.26. The van der Waals surface area contributed by atoms with Crippen molar-refractivity contribution in [2.45, 2.75) is 42.9 Å². The molecule has 4 nitrogen and oxygen atoms in total. The first-order valence-electron chi connectivity index (χ1n) is 9.15. The molecule has 1 atom stereocenters. The largest absolute Gasteiger partial charge is 0.481 e. The van der Waals surface area contributed by atoms with Crippen molar-refractivity contribution in [3.8, 4) is 23.6 Å². The number of carboxylic acid groups (broad SMARTS) is 1. The Hall–Kier alpha value is -2.19. The summed E-state index contributed by atoms with van der Waals surface area (Å²) in [6.07, 6.45) is 10.1. The minimum atomic E-state index is -0.666. The zero-order valence-corrected chi connectivity index (χ0v) is 15.4. The molecule has 4 rings (SSSR count). The molecule has 0 bridgehead atoms. The van der Waals surface area contributed by atoms with Gasteiger partial charge in [-0.2, -0.15) is 5.10 Å². The van der Waals surface area contributed by atoms with Crippen molar-refractivity contribution < 1.29 is 9.90 Å². The lowest BCUT2D eigenvalue weighted by molar-refractivity contribution is -0.138. The number of thioether (sulfide) groups is 1. The number of aliphatic carboxylic acids is 1. The summed E-state index contributed by atoms with van der Waals surface area (Å²) in [7, 11) is 0. The van der Waals surface area contributed by atoms with Gasteiger partial charge in [-0.05, 0) is 49.7 Å². The molecule has 2 heterocycles. The molecule has 1 saturated carbocycles. The number of carboxylic acids is 1. The van der Waals surface area contributed by atoms with Crippen molar-refractivity contribution in [3.05, 3.63) is 35.5 Å². The fourth-order valence-corrected chi connectivity index (χ4v) is 5.77. The van der Waals surface area contributed by atoms with Crippen LogP contribution in [0, 0.1) is 24.2 Å². The van der Waals surface area contributed by atoms with Gasteiger partial charge in [0.2, 0.25) is 0 Å². The van der Waals surface area contributed by atoms with E-state index in [0.717, 1.165) is 48.3 Å². The monoisotopic (exact) mass is 366 g/mol. The molecular weight excluding hydrogens is 344 g/mol. The maximum atomic E-state index is 10.9. The lowest BCUT2D eigenvalue weighted by Crippen LogP contribution is -2.22. The van der Waals surface area contributed by atoms with Gasteiger partial charge in [0.25, 0.3) is 0 Å². The molecular formula is C21H22N2O2S. The normalized spacial score (nSPS) is 24.8. The number of benzene rings is 1. The van der Waals surface area contributed by atoms with Gasteiger partial charge in [-0.15, -0.1) is 18.2 Å². The number of hydrogen-bond acceptors (Lipinski definition) is 3. The molecule has 2 N–H and O–H groups in total. The number of fused-ring (bicyclic) bond motifs is 1. The Morgan fingerprint density at radius 1 is 1.27 bits per heavy atom. The Morgan fingerprint density at radius 2 is 2.00 bits per heavy atom. The predicted molar refractivity (Wildman–Crippen MR) is 103 cm³/mol. The molecule has 0 saturated heterocycles. The zero-order chi connectivity index (χ0) is 18.1. The SMILES string of the molecule is C#Cc1ccc(-c2n[nH]c3c2SC[C@H]3C2CCC(CC(=O)O)CC2)cc1. The third-order valence-electron chi connectivity index (χ3n) is 5.77. The fraction of sp³-hybridized carbons (Fsp3) is 0.429. The summed E-state index contributed by atoms with van der Waals surface area (Å²) in [6, 6.07) is 7.99. The highest BCUT2D eigenvalue weighted by Gasteiger charge is 2.36. The molecule has 1 aliphatic heterocycles. The van der Waals surface area contributed by atoms with E-state index in [0.29, 0.717) is 24.2 Å². The molecule has 0 spiro atoms. The maximum Gasteiger partial charge on any atom is 0.303 e. The smallest absolute Gasteiger partial charge is 0.303 e. The topological polar surface area (TPSA) is 66.0 Å². The molecule has 26 heavy (non-hydrogen) atoms. The van der Waals surface area contributed by atoms with Crippen LogP contribution in [0.4, 0.5) is 0 Å². The third-order valence-corrected chi connectivity index (χ3v) is 7.00. The van der Waals surface area contributed by atoms with Gasteiger partial charge in [-0.1, -0.05) is 18.1 Å². The average Bonchev–Trinajstić information content (AvgIpc) is 3.24. The van der Waals surface area contributed by atoms with Crippen LogP contribution in [-0.4, -0.2) is 27.0 Å². The number of nitrogens with one attached hydrogen (secondary N) is 1. The minimum Gasteiger partial charge on any atom is -0.481 e. The van der Waals surface area contributed by atoms with E-state index < -0.39 is 5.97 Å². The highest BCUT2D eigenvalue weighted by molar-refractivity contribution is 7.99. The van der Waals surface area contributed by atoms with Gasteiger partial charge in [0, 0.05) is 29.2 Å². The predicted octanol–water partition coefficient (Wildman–Crippen LogP) is 4.53. The standard InChI is InChI=1S/C21H22N2O2S/c1-2-13-3-9-16(10-4-13)19-21-20(23-22-19)17(12-26-21)15-7-5-14(6-8-15)11-18(24)25/h1,3-4,9-10,14-15,17H,5-8,11-12H2,(H,22,23)(H,24,25)/t14?,15?,17-/m0/s1. The van der Waals surface area contributed by atoms with Gasteiger partial charge < -0.3 is 5.11 Å². The van der Waals surface area contributed by atoms with Crippen LogP contribution in [0.2, 0.25) is 0 Å². The molecule has 0 radical (unpaired) electrons. The summed E-state index contributed by atoms with van der Waals surface area (Å²) in [4.78, 5) is 12.2. The van der Waals surface area contributed by atoms with Crippen LogP contribution < -0.4 is 0 Å². The van der Waals surface area contributed by atoms with Crippen molar-refractivity contribution in [2.75, 3.05) is 5.75 Å². The summed E-state index contributed by atoms with van der Waals surface area (Å²) >= 11 is 1.89. The van der Waals surface area contributed by atoms with Crippen LogP contribution in [0.15, 0.2) is 29.2 Å². The zero-order valence-electron chi connectivity index (χ0n) is 14.6. The van der Waals surface area contributed by atoms with Crippen molar-refractivity contribution in [3.63, 3.8) is 0 Å². The van der Waals surface area contributed by atoms with Crippen LogP contribution in [0.3, 0.4) is 0 Å². The first-order chi connectivity index (χ1) is 12.7. The van der Waals surface area contributed by atoms with Crippen LogP contribution in [0.5, 0.6) is 0 Å². The van der Waals surface area contributed by atoms with Crippen LogP contribution in [-0.2, 0) is 4.79 Å². The molecule has 1 aromatic carbocycles. The highest BCUT2D eigenvalue weighted by Crippen LogP contribution is 2.50. The molecule has 0 amide bonds. The fourth-order valence-electron chi connectivity index (χ4n) is 4.33. The van der Waals surface area contributed by atoms with Gasteiger partial charge >= 0.3 is 5.97 Å². The number of nitrogens with zero attached hydrogens (tertiary/aromatic N) is 1. The Bertz CT molecular complexity index is 842. The number of aromatic nitrogens is 2. The lowest BCUT2D eigenvalue weighted by atomic mass is 9.74. The molecule has 0 unspecified atom stereocenters. The van der Waals surface area contributed by atoms with E-state index >= 15 is 0 Å². The van der Waals surface area contributed by atoms with E-state index in [1.165, 1.54) is 10.6 Å². The van der Waals surface area contributed by atoms with Crippen LogP contribution in [0.25, 0.3) is 11.3 Å². The molecule has 2 aliphatic rings. The number of H-pyrrole nitrogens is 1. The van der Waals surface area contributed by atoms with Gasteiger partial charge in [-0.25, -0.2) is 0 Å². The molecule has 134 valence electrons. The van der Waals surface area contributed by atoms with Crippen molar-refractivity contribution in [1.29, 1.82) is 0 Å². The summed E-state index contributed by atoms with van der Waals surface area (Å²) < 4.78 is 0. The van der Waals surface area contributed by atoms with Crippen LogP contribution >= 0.6 is 11.8 Å². The van der Waals surface area contributed by atoms with Gasteiger partial charge in [0.15, 0.2) is 0 Å². The van der Waals surface area contributed by atoms with E-state index in [1.54, 1.807) is 0 Å². The Balaban J connectivity index is 1.48. The Morgan fingerprint density at radius 3 is 2.65 bits per heavy atom. The van der Waals surface area contributed by atoms with E-state index in [2.05, 4.69) is 16.1 Å². The molecule has 1 aromatic heterocycles. The van der Waals surface area contributed by atoms with Crippen molar-refractivity contribution in [2.24, 2.45) is 11.8 Å². The first kappa shape index (κ1) is 17.2. The van der Waals surface area contributed by atoms with Gasteiger partial charge in [0.1, 0.15) is 5.69 Å².